The Morgan fingerprint density at radius 3 is 2.68 bits per heavy atom. The zero-order chi connectivity index (χ0) is 18.0. The number of hydrogen-bond acceptors (Lipinski definition) is 4. The summed E-state index contributed by atoms with van der Waals surface area (Å²) < 4.78 is 10.7. The van der Waals surface area contributed by atoms with E-state index in [1.807, 2.05) is 12.1 Å². The van der Waals surface area contributed by atoms with E-state index in [1.165, 1.54) is 0 Å². The van der Waals surface area contributed by atoms with E-state index in [4.69, 9.17) is 21.1 Å². The first-order valence-corrected chi connectivity index (χ1v) is 9.38. The van der Waals surface area contributed by atoms with Gasteiger partial charge in [-0.25, -0.2) is 0 Å². The topological polar surface area (TPSA) is 42.0 Å². The minimum atomic E-state index is 0.126. The Bertz CT molecular complexity index is 637. The van der Waals surface area contributed by atoms with Gasteiger partial charge in [-0.2, -0.15) is 0 Å². The molecule has 0 N–H and O–H groups in total. The van der Waals surface area contributed by atoms with E-state index < -0.39 is 0 Å². The molecule has 1 amide bonds. The number of carbonyl (C=O) groups excluding carboxylic acids is 1. The second-order valence-corrected chi connectivity index (χ2v) is 7.37. The number of benzene rings is 1. The molecule has 3 fully saturated rings. The average molecular weight is 367 g/mol. The number of hydrogen-bond donors (Lipinski definition) is 0. The molecular weight excluding hydrogens is 340 g/mol. The van der Waals surface area contributed by atoms with Gasteiger partial charge in [0, 0.05) is 32.2 Å². The molecule has 25 heavy (non-hydrogen) atoms. The molecule has 5 nitrogen and oxygen atoms in total. The lowest BCUT2D eigenvalue weighted by Gasteiger charge is -2.35. The Hall–Kier alpha value is -1.46. The third-order valence-electron chi connectivity index (χ3n) is 5.23. The zero-order valence-electron chi connectivity index (χ0n) is 15.3. The predicted octanol–water partition coefficient (Wildman–Crippen LogP) is 3.19. The van der Waals surface area contributed by atoms with Crippen LogP contribution in [0.5, 0.6) is 11.5 Å². The molecule has 3 aliphatic heterocycles. The highest BCUT2D eigenvalue weighted by Gasteiger charge is 2.40. The van der Waals surface area contributed by atoms with Crippen LogP contribution in [-0.2, 0) is 11.3 Å². The van der Waals surface area contributed by atoms with Crippen LogP contribution in [0.3, 0.4) is 0 Å². The highest BCUT2D eigenvalue weighted by Crippen LogP contribution is 2.37. The molecule has 0 saturated carbocycles. The van der Waals surface area contributed by atoms with Gasteiger partial charge in [-0.15, -0.1) is 0 Å². The number of nitrogens with zero attached hydrogens (tertiary/aromatic N) is 2. The van der Waals surface area contributed by atoms with Crippen molar-refractivity contribution in [2.75, 3.05) is 33.9 Å². The van der Waals surface area contributed by atoms with Crippen LogP contribution in [-0.4, -0.2) is 55.6 Å². The van der Waals surface area contributed by atoms with Crippen LogP contribution in [0.2, 0.25) is 5.02 Å². The maximum Gasteiger partial charge on any atom is 0.227 e. The average Bonchev–Trinajstić information content (AvgIpc) is 2.86. The highest BCUT2D eigenvalue weighted by molar-refractivity contribution is 6.32. The summed E-state index contributed by atoms with van der Waals surface area (Å²) in [5.74, 6) is 1.67. The largest absolute Gasteiger partial charge is 0.493 e. The van der Waals surface area contributed by atoms with Crippen LogP contribution in [0.1, 0.15) is 31.7 Å². The summed E-state index contributed by atoms with van der Waals surface area (Å²) in [4.78, 5) is 17.2. The van der Waals surface area contributed by atoms with Crippen molar-refractivity contribution < 1.29 is 14.3 Å². The van der Waals surface area contributed by atoms with Crippen LogP contribution in [0.15, 0.2) is 12.1 Å². The van der Waals surface area contributed by atoms with Crippen molar-refractivity contribution in [3.05, 3.63) is 22.7 Å². The van der Waals surface area contributed by atoms with Crippen LogP contribution in [0.25, 0.3) is 0 Å². The maximum atomic E-state index is 12.7. The van der Waals surface area contributed by atoms with Gasteiger partial charge in [0.25, 0.3) is 0 Å². The van der Waals surface area contributed by atoms with Gasteiger partial charge in [-0.3, -0.25) is 9.69 Å². The molecule has 0 radical (unpaired) electrons. The summed E-state index contributed by atoms with van der Waals surface area (Å²) in [7, 11) is 3.20. The SMILES string of the molecule is CCCN1C(=O)[C@H]2CC[C@@H]1CN(Cc1cc(Cl)c(OC)c(OC)c1)C2. The summed E-state index contributed by atoms with van der Waals surface area (Å²) in [5.41, 5.74) is 1.08. The summed E-state index contributed by atoms with van der Waals surface area (Å²) in [6, 6.07) is 4.24. The van der Waals surface area contributed by atoms with Gasteiger partial charge >= 0.3 is 0 Å². The lowest BCUT2D eigenvalue weighted by atomic mass is 9.94. The van der Waals surface area contributed by atoms with Crippen LogP contribution in [0.4, 0.5) is 0 Å². The summed E-state index contributed by atoms with van der Waals surface area (Å²) >= 11 is 6.33. The normalized spacial score (nSPS) is 23.7. The first kappa shape index (κ1) is 18.3. The first-order valence-electron chi connectivity index (χ1n) is 9.00. The molecule has 0 aliphatic carbocycles. The second kappa shape index (κ2) is 7.83. The lowest BCUT2D eigenvalue weighted by Crippen LogP contribution is -2.48. The second-order valence-electron chi connectivity index (χ2n) is 6.97. The third kappa shape index (κ3) is 3.72. The van der Waals surface area contributed by atoms with Crippen molar-refractivity contribution >= 4 is 17.5 Å². The quantitative estimate of drug-likeness (QED) is 0.775. The van der Waals surface area contributed by atoms with Crippen molar-refractivity contribution in [3.63, 3.8) is 0 Å². The fourth-order valence-electron chi connectivity index (χ4n) is 4.11. The Morgan fingerprint density at radius 1 is 1.20 bits per heavy atom. The molecule has 3 heterocycles. The van der Waals surface area contributed by atoms with Crippen LogP contribution >= 0.6 is 11.6 Å². The number of rotatable bonds is 6. The summed E-state index contributed by atoms with van der Waals surface area (Å²) in [5, 5.41) is 0.554. The van der Waals surface area contributed by atoms with Crippen molar-refractivity contribution in [1.82, 2.24) is 9.80 Å². The van der Waals surface area contributed by atoms with Gasteiger partial charge in [0.1, 0.15) is 0 Å². The smallest absolute Gasteiger partial charge is 0.227 e. The fourth-order valence-corrected chi connectivity index (χ4v) is 4.42. The number of carbonyl (C=O) groups is 1. The van der Waals surface area contributed by atoms with E-state index in [-0.39, 0.29) is 5.92 Å². The molecule has 1 aromatic carbocycles. The van der Waals surface area contributed by atoms with Crippen LogP contribution < -0.4 is 9.47 Å². The van der Waals surface area contributed by atoms with E-state index in [0.29, 0.717) is 28.5 Å². The molecule has 138 valence electrons. The molecule has 0 aromatic heterocycles. The Balaban J connectivity index is 1.78. The monoisotopic (exact) mass is 366 g/mol. The molecule has 3 saturated heterocycles. The molecule has 0 unspecified atom stereocenters. The van der Waals surface area contributed by atoms with Crippen molar-refractivity contribution in [3.8, 4) is 11.5 Å². The minimum Gasteiger partial charge on any atom is -0.493 e. The number of ether oxygens (including phenoxy) is 2. The number of methoxy groups -OCH3 is 2. The lowest BCUT2D eigenvalue weighted by molar-refractivity contribution is -0.139. The van der Waals surface area contributed by atoms with E-state index in [2.05, 4.69) is 16.7 Å². The fraction of sp³-hybridized carbons (Fsp3) is 0.632. The summed E-state index contributed by atoms with van der Waals surface area (Å²) in [6.45, 7) is 5.52. The Labute approximate surface area is 154 Å². The highest BCUT2D eigenvalue weighted by atomic mass is 35.5. The number of halogens is 1. The standard InChI is InChI=1S/C19H27ClN2O3/c1-4-7-22-15-6-5-14(19(22)23)11-21(12-15)10-13-8-16(20)18(25-3)17(9-13)24-2/h8-9,14-15H,4-7,10-12H2,1-3H3/t14-,15+/m0/s1. The predicted molar refractivity (Wildman–Crippen MR) is 98.3 cm³/mol. The molecular formula is C19H27ClN2O3. The molecule has 6 heteroatoms. The molecule has 2 atom stereocenters. The van der Waals surface area contributed by atoms with Gasteiger partial charge in [0.15, 0.2) is 11.5 Å². The van der Waals surface area contributed by atoms with Gasteiger partial charge in [-0.05, 0) is 37.0 Å². The number of piperidine rings is 1. The molecule has 0 spiro atoms. The minimum absolute atomic E-state index is 0.126. The van der Waals surface area contributed by atoms with E-state index in [0.717, 1.165) is 51.0 Å². The van der Waals surface area contributed by atoms with E-state index in [1.54, 1.807) is 14.2 Å². The molecule has 1 aromatic rings. The number of fused-ring (bicyclic) bond motifs is 4. The van der Waals surface area contributed by atoms with Gasteiger partial charge < -0.3 is 14.4 Å². The number of amides is 1. The third-order valence-corrected chi connectivity index (χ3v) is 5.51. The van der Waals surface area contributed by atoms with Gasteiger partial charge in [-0.1, -0.05) is 18.5 Å². The van der Waals surface area contributed by atoms with Crippen molar-refractivity contribution in [2.45, 2.75) is 38.8 Å². The van der Waals surface area contributed by atoms with Gasteiger partial charge in [0.05, 0.1) is 25.2 Å². The Morgan fingerprint density at radius 2 is 2.00 bits per heavy atom. The first-order chi connectivity index (χ1) is 12.1. The van der Waals surface area contributed by atoms with E-state index in [9.17, 15) is 4.79 Å². The van der Waals surface area contributed by atoms with Crippen molar-refractivity contribution in [2.24, 2.45) is 5.92 Å². The van der Waals surface area contributed by atoms with E-state index >= 15 is 0 Å². The summed E-state index contributed by atoms with van der Waals surface area (Å²) in [6.07, 6.45) is 3.13. The molecule has 2 bridgehead atoms. The van der Waals surface area contributed by atoms with Crippen LogP contribution in [0, 0.1) is 5.92 Å². The Kier molecular flexibility index (Phi) is 5.74. The molecule has 3 aliphatic rings. The maximum absolute atomic E-state index is 12.7. The zero-order valence-corrected chi connectivity index (χ0v) is 16.0. The molecule has 4 rings (SSSR count). The van der Waals surface area contributed by atoms with Gasteiger partial charge in [0.2, 0.25) is 5.91 Å². The van der Waals surface area contributed by atoms with Crippen molar-refractivity contribution in [1.29, 1.82) is 0 Å².